The SMILES string of the molecule is O=C(c1ccc2[nH]cnc2c1)N1CCCC2c3ccc(O)cc3CC21. The highest BCUT2D eigenvalue weighted by Gasteiger charge is 2.41. The molecule has 0 saturated carbocycles. The van der Waals surface area contributed by atoms with Gasteiger partial charge in [0.25, 0.3) is 5.91 Å². The Balaban J connectivity index is 1.48. The number of imidazole rings is 1. The summed E-state index contributed by atoms with van der Waals surface area (Å²) in [6.07, 6.45) is 4.59. The van der Waals surface area contributed by atoms with E-state index in [-0.39, 0.29) is 11.9 Å². The number of aromatic nitrogens is 2. The Morgan fingerprint density at radius 1 is 1.24 bits per heavy atom. The number of aromatic hydroxyl groups is 1. The molecule has 0 radical (unpaired) electrons. The molecule has 2 aromatic carbocycles. The molecule has 0 spiro atoms. The normalized spacial score (nSPS) is 22.0. The molecule has 1 amide bonds. The first-order valence-corrected chi connectivity index (χ1v) is 8.76. The Bertz CT molecular complexity index is 978. The van der Waals surface area contributed by atoms with Gasteiger partial charge in [0.15, 0.2) is 0 Å². The van der Waals surface area contributed by atoms with Crippen LogP contribution >= 0.6 is 0 Å². The van der Waals surface area contributed by atoms with Crippen molar-refractivity contribution in [2.24, 2.45) is 0 Å². The van der Waals surface area contributed by atoms with Crippen LogP contribution in [-0.2, 0) is 6.42 Å². The van der Waals surface area contributed by atoms with Crippen LogP contribution in [0.5, 0.6) is 5.75 Å². The lowest BCUT2D eigenvalue weighted by Crippen LogP contribution is -2.46. The van der Waals surface area contributed by atoms with E-state index in [2.05, 4.69) is 9.97 Å². The summed E-state index contributed by atoms with van der Waals surface area (Å²) in [6.45, 7) is 0.790. The smallest absolute Gasteiger partial charge is 0.254 e. The number of H-pyrrole nitrogens is 1. The van der Waals surface area contributed by atoms with Gasteiger partial charge < -0.3 is 15.0 Å². The lowest BCUT2D eigenvalue weighted by molar-refractivity contribution is 0.0595. The zero-order valence-corrected chi connectivity index (χ0v) is 13.8. The molecule has 1 aliphatic heterocycles. The summed E-state index contributed by atoms with van der Waals surface area (Å²) in [4.78, 5) is 22.5. The molecule has 0 bridgehead atoms. The van der Waals surface area contributed by atoms with Crippen molar-refractivity contribution in [3.8, 4) is 5.75 Å². The topological polar surface area (TPSA) is 69.2 Å². The average Bonchev–Trinajstić information content (AvgIpc) is 3.23. The lowest BCUT2D eigenvalue weighted by Gasteiger charge is -2.38. The number of piperidine rings is 1. The Morgan fingerprint density at radius 2 is 2.16 bits per heavy atom. The molecule has 2 N–H and O–H groups in total. The maximum atomic E-state index is 13.2. The van der Waals surface area contributed by atoms with Crippen molar-refractivity contribution in [1.29, 1.82) is 0 Å². The summed E-state index contributed by atoms with van der Waals surface area (Å²) in [5, 5.41) is 9.77. The third kappa shape index (κ3) is 2.22. The predicted molar refractivity (Wildman–Crippen MR) is 94.7 cm³/mol. The maximum absolute atomic E-state index is 13.2. The summed E-state index contributed by atoms with van der Waals surface area (Å²) in [5.74, 6) is 0.762. The summed E-state index contributed by atoms with van der Waals surface area (Å²) in [6, 6.07) is 11.5. The monoisotopic (exact) mass is 333 g/mol. The molecule has 5 nitrogen and oxygen atoms in total. The number of phenols is 1. The molecular weight excluding hydrogens is 314 g/mol. The van der Waals surface area contributed by atoms with Crippen molar-refractivity contribution in [2.45, 2.75) is 31.2 Å². The van der Waals surface area contributed by atoms with E-state index in [1.54, 1.807) is 12.4 Å². The molecule has 1 fully saturated rings. The van der Waals surface area contributed by atoms with Crippen LogP contribution in [0, 0.1) is 0 Å². The highest BCUT2D eigenvalue weighted by molar-refractivity contribution is 5.97. The standard InChI is InChI=1S/C20H19N3O2/c24-14-4-5-15-13(8-14)10-19-16(15)2-1-7-23(19)20(25)12-3-6-17-18(9-12)22-11-21-17/h3-6,8-9,11,16,19,24H,1-2,7,10H2,(H,21,22). The summed E-state index contributed by atoms with van der Waals surface area (Å²) in [5.41, 5.74) is 4.93. The quantitative estimate of drug-likeness (QED) is 0.718. The summed E-state index contributed by atoms with van der Waals surface area (Å²) in [7, 11) is 0. The second kappa shape index (κ2) is 5.34. The average molecular weight is 333 g/mol. The van der Waals surface area contributed by atoms with Crippen LogP contribution in [0.4, 0.5) is 0 Å². The minimum absolute atomic E-state index is 0.0802. The van der Waals surface area contributed by atoms with Gasteiger partial charge in [0, 0.05) is 24.1 Å². The van der Waals surface area contributed by atoms with Crippen molar-refractivity contribution in [3.63, 3.8) is 0 Å². The van der Waals surface area contributed by atoms with Gasteiger partial charge in [0.2, 0.25) is 0 Å². The Kier molecular flexibility index (Phi) is 3.10. The van der Waals surface area contributed by atoms with Crippen molar-refractivity contribution in [1.82, 2.24) is 14.9 Å². The number of benzene rings is 2. The van der Waals surface area contributed by atoms with E-state index in [1.807, 2.05) is 35.2 Å². The van der Waals surface area contributed by atoms with Gasteiger partial charge in [-0.05, 0) is 60.7 Å². The van der Waals surface area contributed by atoms with Crippen LogP contribution < -0.4 is 0 Å². The Labute approximate surface area is 145 Å². The first-order chi connectivity index (χ1) is 12.2. The molecule has 1 saturated heterocycles. The number of carbonyl (C=O) groups is 1. The fourth-order valence-electron chi connectivity index (χ4n) is 4.51. The van der Waals surface area contributed by atoms with Gasteiger partial charge in [-0.15, -0.1) is 0 Å². The van der Waals surface area contributed by atoms with Gasteiger partial charge in [-0.1, -0.05) is 6.07 Å². The molecule has 3 aromatic rings. The molecule has 1 aromatic heterocycles. The van der Waals surface area contributed by atoms with E-state index in [9.17, 15) is 9.90 Å². The number of nitrogens with one attached hydrogen (secondary N) is 1. The number of phenolic OH excluding ortho intramolecular Hbond substituents is 1. The van der Waals surface area contributed by atoms with E-state index in [1.165, 1.54) is 11.1 Å². The van der Waals surface area contributed by atoms with Crippen LogP contribution in [0.2, 0.25) is 0 Å². The van der Waals surface area contributed by atoms with E-state index >= 15 is 0 Å². The molecule has 126 valence electrons. The number of aromatic amines is 1. The van der Waals surface area contributed by atoms with Gasteiger partial charge in [0.1, 0.15) is 5.75 Å². The second-order valence-electron chi connectivity index (χ2n) is 7.04. The maximum Gasteiger partial charge on any atom is 0.254 e. The van der Waals surface area contributed by atoms with E-state index in [0.717, 1.165) is 36.8 Å². The number of hydrogen-bond donors (Lipinski definition) is 2. The van der Waals surface area contributed by atoms with Crippen LogP contribution in [0.1, 0.15) is 40.2 Å². The van der Waals surface area contributed by atoms with Crippen LogP contribution in [0.3, 0.4) is 0 Å². The first-order valence-electron chi connectivity index (χ1n) is 8.76. The third-order valence-electron chi connectivity index (χ3n) is 5.66. The van der Waals surface area contributed by atoms with Gasteiger partial charge in [-0.3, -0.25) is 4.79 Å². The first kappa shape index (κ1) is 14.5. The number of carbonyl (C=O) groups excluding carboxylic acids is 1. The summed E-state index contributed by atoms with van der Waals surface area (Å²) >= 11 is 0. The molecule has 25 heavy (non-hydrogen) atoms. The number of likely N-dealkylation sites (tertiary alicyclic amines) is 1. The van der Waals surface area contributed by atoms with Crippen molar-refractivity contribution >= 4 is 16.9 Å². The molecule has 2 heterocycles. The van der Waals surface area contributed by atoms with Crippen LogP contribution in [0.25, 0.3) is 11.0 Å². The number of nitrogens with zero attached hydrogens (tertiary/aromatic N) is 2. The van der Waals surface area contributed by atoms with Gasteiger partial charge in [-0.25, -0.2) is 4.98 Å². The summed E-state index contributed by atoms with van der Waals surface area (Å²) < 4.78 is 0. The highest BCUT2D eigenvalue weighted by Crippen LogP contribution is 2.43. The lowest BCUT2D eigenvalue weighted by atomic mass is 9.88. The predicted octanol–water partition coefficient (Wildman–Crippen LogP) is 3.21. The van der Waals surface area contributed by atoms with E-state index in [4.69, 9.17) is 0 Å². The molecule has 2 unspecified atom stereocenters. The molecule has 2 aliphatic rings. The largest absolute Gasteiger partial charge is 0.508 e. The zero-order chi connectivity index (χ0) is 17.0. The number of rotatable bonds is 1. The van der Waals surface area contributed by atoms with Gasteiger partial charge in [-0.2, -0.15) is 0 Å². The third-order valence-corrected chi connectivity index (χ3v) is 5.66. The van der Waals surface area contributed by atoms with Crippen molar-refractivity contribution in [2.75, 3.05) is 6.54 Å². The second-order valence-corrected chi connectivity index (χ2v) is 7.04. The zero-order valence-electron chi connectivity index (χ0n) is 13.8. The highest BCUT2D eigenvalue weighted by atomic mass is 16.3. The minimum Gasteiger partial charge on any atom is -0.508 e. The van der Waals surface area contributed by atoms with Crippen molar-refractivity contribution < 1.29 is 9.90 Å². The number of amides is 1. The number of fused-ring (bicyclic) bond motifs is 4. The van der Waals surface area contributed by atoms with E-state index in [0.29, 0.717) is 17.2 Å². The molecule has 1 aliphatic carbocycles. The van der Waals surface area contributed by atoms with Crippen LogP contribution in [-0.4, -0.2) is 38.5 Å². The Hall–Kier alpha value is -2.82. The number of hydrogen-bond acceptors (Lipinski definition) is 3. The molecule has 2 atom stereocenters. The fourth-order valence-corrected chi connectivity index (χ4v) is 4.51. The van der Waals surface area contributed by atoms with Crippen molar-refractivity contribution in [3.05, 3.63) is 59.4 Å². The molecular formula is C20H19N3O2. The van der Waals surface area contributed by atoms with Crippen LogP contribution in [0.15, 0.2) is 42.7 Å². The van der Waals surface area contributed by atoms with E-state index < -0.39 is 0 Å². The van der Waals surface area contributed by atoms with Gasteiger partial charge in [0.05, 0.1) is 17.4 Å². The molecule has 5 rings (SSSR count). The fraction of sp³-hybridized carbons (Fsp3) is 0.300. The minimum atomic E-state index is 0.0802. The Morgan fingerprint density at radius 3 is 3.08 bits per heavy atom. The molecule has 5 heteroatoms. The van der Waals surface area contributed by atoms with Gasteiger partial charge >= 0.3 is 0 Å².